The molecule has 0 aliphatic heterocycles. The molecule has 0 radical (unpaired) electrons. The Morgan fingerprint density at radius 2 is 2.39 bits per heavy atom. The van der Waals surface area contributed by atoms with Crippen LogP contribution in [0.4, 0.5) is 5.69 Å². The van der Waals surface area contributed by atoms with E-state index in [2.05, 4.69) is 15.6 Å². The van der Waals surface area contributed by atoms with Gasteiger partial charge in [-0.05, 0) is 18.6 Å². The van der Waals surface area contributed by atoms with Gasteiger partial charge in [-0.3, -0.25) is 9.78 Å². The molecular formula is C12H20N4O2. The van der Waals surface area contributed by atoms with E-state index in [1.54, 1.807) is 26.4 Å². The van der Waals surface area contributed by atoms with Crippen molar-refractivity contribution in [1.29, 1.82) is 0 Å². The third kappa shape index (κ3) is 4.68. The highest BCUT2D eigenvalue weighted by atomic mass is 16.5. The minimum Gasteiger partial charge on any atom is -0.385 e. The van der Waals surface area contributed by atoms with E-state index in [0.29, 0.717) is 12.3 Å². The largest absolute Gasteiger partial charge is 0.385 e. The van der Waals surface area contributed by atoms with Gasteiger partial charge in [0.05, 0.1) is 6.61 Å². The monoisotopic (exact) mass is 252 g/mol. The summed E-state index contributed by atoms with van der Waals surface area (Å²) in [5.41, 5.74) is 7.05. The molecule has 0 aliphatic rings. The van der Waals surface area contributed by atoms with E-state index in [1.165, 1.54) is 0 Å². The van der Waals surface area contributed by atoms with Crippen molar-refractivity contribution >= 4 is 11.6 Å². The standard InChI is InChI=1S/C12H20N4O2/c1-14-12(17)11-7-10(4-6-16-11)15-5-3-9(13)8-18-2/h4,6-7,9H,3,5,8,13H2,1-2H3,(H,14,17)(H,15,16). The first kappa shape index (κ1) is 14.4. The van der Waals surface area contributed by atoms with E-state index >= 15 is 0 Å². The molecule has 0 aromatic carbocycles. The number of carbonyl (C=O) groups is 1. The molecule has 0 saturated carbocycles. The summed E-state index contributed by atoms with van der Waals surface area (Å²) in [4.78, 5) is 15.4. The molecule has 0 aliphatic carbocycles. The van der Waals surface area contributed by atoms with Gasteiger partial charge >= 0.3 is 0 Å². The van der Waals surface area contributed by atoms with Crippen molar-refractivity contribution < 1.29 is 9.53 Å². The van der Waals surface area contributed by atoms with Crippen molar-refractivity contribution in [1.82, 2.24) is 10.3 Å². The summed E-state index contributed by atoms with van der Waals surface area (Å²) >= 11 is 0. The highest BCUT2D eigenvalue weighted by Crippen LogP contribution is 2.08. The predicted molar refractivity (Wildman–Crippen MR) is 70.6 cm³/mol. The number of nitrogens with zero attached hydrogens (tertiary/aromatic N) is 1. The Bertz CT molecular complexity index is 384. The van der Waals surface area contributed by atoms with Crippen molar-refractivity contribution in [2.75, 3.05) is 32.6 Å². The zero-order valence-corrected chi connectivity index (χ0v) is 10.8. The number of anilines is 1. The maximum Gasteiger partial charge on any atom is 0.269 e. The molecule has 1 aromatic heterocycles. The molecule has 1 heterocycles. The van der Waals surface area contributed by atoms with Crippen LogP contribution in [0.15, 0.2) is 18.3 Å². The van der Waals surface area contributed by atoms with Gasteiger partial charge in [-0.15, -0.1) is 0 Å². The molecule has 18 heavy (non-hydrogen) atoms. The lowest BCUT2D eigenvalue weighted by molar-refractivity contribution is 0.0958. The lowest BCUT2D eigenvalue weighted by Gasteiger charge is -2.12. The first-order chi connectivity index (χ1) is 8.67. The molecule has 0 spiro atoms. The van der Waals surface area contributed by atoms with Gasteiger partial charge in [0.15, 0.2) is 0 Å². The second-order valence-electron chi connectivity index (χ2n) is 3.94. The fourth-order valence-electron chi connectivity index (χ4n) is 1.49. The molecular weight excluding hydrogens is 232 g/mol. The topological polar surface area (TPSA) is 89.3 Å². The Morgan fingerprint density at radius 3 is 3.06 bits per heavy atom. The van der Waals surface area contributed by atoms with Crippen LogP contribution in [0, 0.1) is 0 Å². The van der Waals surface area contributed by atoms with E-state index < -0.39 is 0 Å². The number of methoxy groups -OCH3 is 1. The summed E-state index contributed by atoms with van der Waals surface area (Å²) in [5.74, 6) is -0.199. The molecule has 0 saturated heterocycles. The van der Waals surface area contributed by atoms with Crippen molar-refractivity contribution in [3.8, 4) is 0 Å². The highest BCUT2D eigenvalue weighted by molar-refractivity contribution is 5.92. The summed E-state index contributed by atoms with van der Waals surface area (Å²) in [7, 11) is 3.21. The first-order valence-electron chi connectivity index (χ1n) is 5.84. The maximum absolute atomic E-state index is 11.4. The summed E-state index contributed by atoms with van der Waals surface area (Å²) in [6, 6.07) is 3.54. The number of hydrogen-bond acceptors (Lipinski definition) is 5. The summed E-state index contributed by atoms with van der Waals surface area (Å²) in [5, 5.41) is 5.73. The van der Waals surface area contributed by atoms with Crippen LogP contribution in [-0.4, -0.2) is 44.2 Å². The van der Waals surface area contributed by atoms with Crippen LogP contribution in [-0.2, 0) is 4.74 Å². The van der Waals surface area contributed by atoms with Crippen LogP contribution < -0.4 is 16.4 Å². The minimum atomic E-state index is -0.199. The molecule has 1 aromatic rings. The number of amides is 1. The van der Waals surface area contributed by atoms with Gasteiger partial charge in [-0.2, -0.15) is 0 Å². The molecule has 100 valence electrons. The molecule has 0 bridgehead atoms. The molecule has 1 amide bonds. The normalized spacial score (nSPS) is 11.9. The number of nitrogens with two attached hydrogens (primary N) is 1. The SMILES string of the molecule is CNC(=O)c1cc(NCCC(N)COC)ccn1. The number of aromatic nitrogens is 1. The molecule has 6 nitrogen and oxygen atoms in total. The molecule has 1 unspecified atom stereocenters. The number of nitrogens with one attached hydrogen (secondary N) is 2. The van der Waals surface area contributed by atoms with Gasteiger partial charge in [0.1, 0.15) is 5.69 Å². The lowest BCUT2D eigenvalue weighted by Crippen LogP contribution is -2.28. The van der Waals surface area contributed by atoms with E-state index in [9.17, 15) is 4.79 Å². The zero-order valence-electron chi connectivity index (χ0n) is 10.8. The van der Waals surface area contributed by atoms with Crippen LogP contribution in [0.2, 0.25) is 0 Å². The molecule has 1 atom stereocenters. The predicted octanol–water partition coefficient (Wildman–Crippen LogP) is 0.217. The van der Waals surface area contributed by atoms with Gasteiger partial charge in [0, 0.05) is 38.6 Å². The van der Waals surface area contributed by atoms with Crippen molar-refractivity contribution in [2.45, 2.75) is 12.5 Å². The van der Waals surface area contributed by atoms with E-state index in [4.69, 9.17) is 10.5 Å². The van der Waals surface area contributed by atoms with Gasteiger partial charge in [-0.25, -0.2) is 0 Å². The third-order valence-electron chi connectivity index (χ3n) is 2.44. The van der Waals surface area contributed by atoms with E-state index in [0.717, 1.165) is 18.7 Å². The van der Waals surface area contributed by atoms with Gasteiger partial charge in [0.2, 0.25) is 0 Å². The quantitative estimate of drug-likeness (QED) is 0.646. The highest BCUT2D eigenvalue weighted by Gasteiger charge is 2.05. The summed E-state index contributed by atoms with van der Waals surface area (Å²) in [6.45, 7) is 1.27. The zero-order chi connectivity index (χ0) is 13.4. The Kier molecular flexibility index (Phi) is 6.10. The van der Waals surface area contributed by atoms with Gasteiger partial charge in [0.25, 0.3) is 5.91 Å². The van der Waals surface area contributed by atoms with Crippen molar-refractivity contribution in [3.05, 3.63) is 24.0 Å². The van der Waals surface area contributed by atoms with Gasteiger partial charge in [-0.1, -0.05) is 0 Å². The smallest absolute Gasteiger partial charge is 0.269 e. The van der Waals surface area contributed by atoms with E-state index in [-0.39, 0.29) is 11.9 Å². The summed E-state index contributed by atoms with van der Waals surface area (Å²) in [6.07, 6.45) is 2.40. The van der Waals surface area contributed by atoms with Crippen molar-refractivity contribution in [2.24, 2.45) is 5.73 Å². The number of hydrogen-bond donors (Lipinski definition) is 3. The average Bonchev–Trinajstić information content (AvgIpc) is 2.38. The fraction of sp³-hybridized carbons (Fsp3) is 0.500. The molecule has 1 rings (SSSR count). The Hall–Kier alpha value is -1.66. The minimum absolute atomic E-state index is 0.0164. The molecule has 4 N–H and O–H groups in total. The second kappa shape index (κ2) is 7.62. The molecule has 6 heteroatoms. The van der Waals surface area contributed by atoms with Crippen LogP contribution in [0.25, 0.3) is 0 Å². The summed E-state index contributed by atoms with van der Waals surface area (Å²) < 4.78 is 4.96. The number of pyridine rings is 1. The fourth-order valence-corrected chi connectivity index (χ4v) is 1.49. The first-order valence-corrected chi connectivity index (χ1v) is 5.84. The van der Waals surface area contributed by atoms with Crippen LogP contribution in [0.1, 0.15) is 16.9 Å². The van der Waals surface area contributed by atoms with Crippen LogP contribution in [0.5, 0.6) is 0 Å². The van der Waals surface area contributed by atoms with Crippen LogP contribution >= 0.6 is 0 Å². The Morgan fingerprint density at radius 1 is 1.61 bits per heavy atom. The maximum atomic E-state index is 11.4. The Balaban J connectivity index is 2.45. The second-order valence-corrected chi connectivity index (χ2v) is 3.94. The lowest BCUT2D eigenvalue weighted by atomic mass is 10.2. The third-order valence-corrected chi connectivity index (χ3v) is 2.44. The number of carbonyl (C=O) groups excluding carboxylic acids is 1. The Labute approximate surface area is 107 Å². The van der Waals surface area contributed by atoms with E-state index in [1.807, 2.05) is 6.07 Å². The van der Waals surface area contributed by atoms with Crippen LogP contribution in [0.3, 0.4) is 0 Å². The van der Waals surface area contributed by atoms with Gasteiger partial charge < -0.3 is 21.1 Å². The molecule has 0 fully saturated rings. The number of ether oxygens (including phenoxy) is 1. The van der Waals surface area contributed by atoms with Crippen molar-refractivity contribution in [3.63, 3.8) is 0 Å². The average molecular weight is 252 g/mol. The number of rotatable bonds is 7.